The summed E-state index contributed by atoms with van der Waals surface area (Å²) in [4.78, 5) is 157. The fraction of sp³-hybridized carbons (Fsp3) is 0.556. The first-order valence-electron chi connectivity index (χ1n) is 26.9. The minimum absolute atomic E-state index is 0. The maximum absolute atomic E-state index is 15.0. The van der Waals surface area contributed by atoms with Gasteiger partial charge in [-0.1, -0.05) is 116 Å². The maximum Gasteiger partial charge on any atom is 0.408 e. The average molecular weight is 1190 g/mol. The standard InChI is InChI=1S/C53H80N14O16.CH4/c1-7-28(6)36-48(78)61-33(23-68)44(74)58-22-35(70)63-40(42(72)43(54)73)51(81)62-34(24-69)47(77)65-37(30-17-12-9-13-18-30)38(67-53(82)83-25-29-15-10-8-11-16-29)49(79)66-39(41(71)27(4)5)50(80)60-32(21-26(2)3)46(76)59-31(45(75)64-36)19-14-20-57-52(55)56;/h8-13,15-18,26-28,31-34,36-42,68-69,71-72H,7,14,19-25H2,1-6H3,(H2,54,73)(H,58,74)(H,59,76)(H,60,80)(H,61,78)(H,62,81)(H,63,70)(H,64,75)(H,65,77)(H,66,79)(H,67,82)(H4,55,56,57);1H4/t28-,31+,32-,33-,34-,36-,37+,38-,39-,40?,41+,42-;/m0./s1. The number of carbonyl (C=O) groups is 11. The van der Waals surface area contributed by atoms with E-state index in [9.17, 15) is 73.2 Å². The highest BCUT2D eigenvalue weighted by Gasteiger charge is 2.42. The molecule has 2 aromatic rings. The van der Waals surface area contributed by atoms with Crippen LogP contribution in [0.4, 0.5) is 4.79 Å². The second kappa shape index (κ2) is 35.5. The van der Waals surface area contributed by atoms with Crippen LogP contribution < -0.4 is 70.4 Å². The Bertz CT molecular complexity index is 2570. The summed E-state index contributed by atoms with van der Waals surface area (Å²) in [6.45, 7) is 5.97. The van der Waals surface area contributed by atoms with Crippen molar-refractivity contribution in [3.63, 3.8) is 0 Å². The molecular formula is C54H84N14O16. The van der Waals surface area contributed by atoms with E-state index in [1.54, 1.807) is 64.1 Å². The van der Waals surface area contributed by atoms with E-state index in [1.165, 1.54) is 38.1 Å². The second-order valence-corrected chi connectivity index (χ2v) is 20.5. The molecule has 20 N–H and O–H groups in total. The van der Waals surface area contributed by atoms with E-state index in [4.69, 9.17) is 21.9 Å². The molecule has 0 aliphatic carbocycles. The van der Waals surface area contributed by atoms with Crippen LogP contribution in [0.5, 0.6) is 0 Å². The van der Waals surface area contributed by atoms with Crippen molar-refractivity contribution in [1.29, 1.82) is 0 Å². The lowest BCUT2D eigenvalue weighted by Gasteiger charge is -2.33. The summed E-state index contributed by atoms with van der Waals surface area (Å²) < 4.78 is 5.45. The Morgan fingerprint density at radius 2 is 1.15 bits per heavy atom. The molecule has 1 saturated heterocycles. The van der Waals surface area contributed by atoms with Crippen LogP contribution in [0.15, 0.2) is 65.7 Å². The van der Waals surface area contributed by atoms with Gasteiger partial charge in [-0.05, 0) is 48.1 Å². The largest absolute Gasteiger partial charge is 0.445 e. The molecule has 11 amide bonds. The number of rotatable bonds is 18. The van der Waals surface area contributed by atoms with Gasteiger partial charge >= 0.3 is 6.09 Å². The Labute approximate surface area is 486 Å². The van der Waals surface area contributed by atoms with Gasteiger partial charge in [-0.25, -0.2) is 4.79 Å². The molecule has 0 saturated carbocycles. The number of hydrogen-bond acceptors (Lipinski definition) is 17. The van der Waals surface area contributed by atoms with Crippen molar-refractivity contribution in [2.24, 2.45) is 39.9 Å². The summed E-state index contributed by atoms with van der Waals surface area (Å²) in [6.07, 6.45) is -5.48. The SMILES string of the molecule is C.CC[C@H](C)[C@@H]1NC(=O)[C@@H](CCCN=C(N)N)NC(=O)[C@H](CC(C)C)NC(=O)[C@H]([C@H](O)C(C)C)NC(=O)[C@@H](NC(=O)OCc2ccccc2)[C@@H](c2ccccc2)NC(=O)[C@H](CO)NC(=O)C([C@H](O)C(N)=O)NC(=O)CNC(=O)[C@H](CO)NC1=O. The van der Waals surface area contributed by atoms with Gasteiger partial charge in [0.25, 0.3) is 0 Å². The van der Waals surface area contributed by atoms with Crippen molar-refractivity contribution in [2.45, 2.75) is 148 Å². The Kier molecular flexibility index (Phi) is 30.3. The van der Waals surface area contributed by atoms with E-state index in [-0.39, 0.29) is 63.7 Å². The number of nitrogens with two attached hydrogens (primary N) is 3. The lowest BCUT2D eigenvalue weighted by molar-refractivity contribution is -0.140. The van der Waals surface area contributed by atoms with E-state index in [0.29, 0.717) is 5.56 Å². The summed E-state index contributed by atoms with van der Waals surface area (Å²) in [7, 11) is 0. The third-order valence-electron chi connectivity index (χ3n) is 13.1. The molecule has 3 rings (SSSR count). The number of aliphatic imine (C=N–C) groups is 1. The molecule has 2 aromatic carbocycles. The molecule has 84 heavy (non-hydrogen) atoms. The molecule has 1 heterocycles. The number of primary amides is 1. The Balaban J connectivity index is 0.0000241. The van der Waals surface area contributed by atoms with Gasteiger partial charge in [0.05, 0.1) is 31.9 Å². The fourth-order valence-electron chi connectivity index (χ4n) is 8.24. The third kappa shape index (κ3) is 22.7. The highest BCUT2D eigenvalue weighted by Crippen LogP contribution is 2.20. The number of amides is 11. The average Bonchev–Trinajstić information content (AvgIpc) is 3.44. The predicted octanol–water partition coefficient (Wildman–Crippen LogP) is -4.71. The molecule has 30 nitrogen and oxygen atoms in total. The Hall–Kier alpha value is -8.48. The summed E-state index contributed by atoms with van der Waals surface area (Å²) >= 11 is 0. The second-order valence-electron chi connectivity index (χ2n) is 20.5. The van der Waals surface area contributed by atoms with Crippen LogP contribution in [-0.2, 0) is 59.3 Å². The number of ether oxygens (including phenoxy) is 1. The van der Waals surface area contributed by atoms with Crippen LogP contribution in [-0.4, -0.2) is 178 Å². The van der Waals surface area contributed by atoms with Crippen molar-refractivity contribution in [3.05, 3.63) is 71.8 Å². The molecule has 466 valence electrons. The van der Waals surface area contributed by atoms with Crippen molar-refractivity contribution in [3.8, 4) is 0 Å². The van der Waals surface area contributed by atoms with Gasteiger partial charge < -0.3 is 95.5 Å². The van der Waals surface area contributed by atoms with Gasteiger partial charge in [0, 0.05) is 6.54 Å². The zero-order chi connectivity index (χ0) is 62.1. The first kappa shape index (κ1) is 71.6. The van der Waals surface area contributed by atoms with E-state index in [1.807, 2.05) is 5.32 Å². The monoisotopic (exact) mass is 1180 g/mol. The zero-order valence-electron chi connectivity index (χ0n) is 47.1. The smallest absolute Gasteiger partial charge is 0.408 e. The molecular weight excluding hydrogens is 1100 g/mol. The molecule has 0 radical (unpaired) electrons. The zero-order valence-corrected chi connectivity index (χ0v) is 47.1. The van der Waals surface area contributed by atoms with Crippen molar-refractivity contribution >= 4 is 71.1 Å². The number of carbonyl (C=O) groups excluding carboxylic acids is 11. The Morgan fingerprint density at radius 3 is 1.70 bits per heavy atom. The van der Waals surface area contributed by atoms with Crippen LogP contribution in [0.2, 0.25) is 0 Å². The van der Waals surface area contributed by atoms with Gasteiger partial charge in [0.15, 0.2) is 12.1 Å². The molecule has 12 atom stereocenters. The van der Waals surface area contributed by atoms with Gasteiger partial charge in [-0.3, -0.25) is 52.9 Å². The van der Waals surface area contributed by atoms with Gasteiger partial charge in [-0.15, -0.1) is 0 Å². The normalized spacial score (nSPS) is 24.1. The number of nitrogens with zero attached hydrogens (tertiary/aromatic N) is 1. The number of aliphatic hydroxyl groups is 4. The van der Waals surface area contributed by atoms with E-state index in [2.05, 4.69) is 52.8 Å². The minimum Gasteiger partial charge on any atom is -0.445 e. The lowest BCUT2D eigenvalue weighted by atomic mass is 9.94. The number of alkyl carbamates (subject to hydrolysis) is 1. The molecule has 0 aromatic heterocycles. The lowest BCUT2D eigenvalue weighted by Crippen LogP contribution is -2.64. The molecule has 1 aliphatic rings. The highest BCUT2D eigenvalue weighted by atomic mass is 16.5. The number of guanidine groups is 1. The van der Waals surface area contributed by atoms with E-state index in [0.717, 1.165) is 0 Å². The van der Waals surface area contributed by atoms with Crippen LogP contribution >= 0.6 is 0 Å². The Morgan fingerprint density at radius 1 is 0.643 bits per heavy atom. The highest BCUT2D eigenvalue weighted by molar-refractivity contribution is 6.00. The van der Waals surface area contributed by atoms with Gasteiger partial charge in [-0.2, -0.15) is 0 Å². The third-order valence-corrected chi connectivity index (χ3v) is 13.1. The summed E-state index contributed by atoms with van der Waals surface area (Å²) in [5.74, 6) is -14.3. The van der Waals surface area contributed by atoms with Crippen LogP contribution in [0.1, 0.15) is 91.8 Å². The maximum atomic E-state index is 15.0. The summed E-state index contributed by atoms with van der Waals surface area (Å²) in [5, 5.41) is 66.8. The van der Waals surface area contributed by atoms with E-state index >= 15 is 0 Å². The van der Waals surface area contributed by atoms with Gasteiger partial charge in [0.2, 0.25) is 59.1 Å². The number of nitrogens with one attached hydrogen (secondary N) is 10. The van der Waals surface area contributed by atoms with Crippen molar-refractivity contribution in [1.82, 2.24) is 53.2 Å². The molecule has 30 heteroatoms. The number of aliphatic hydroxyl groups excluding tert-OH is 4. The molecule has 1 aliphatic heterocycles. The first-order valence-corrected chi connectivity index (χ1v) is 26.9. The van der Waals surface area contributed by atoms with Crippen LogP contribution in [0, 0.1) is 17.8 Å². The van der Waals surface area contributed by atoms with Crippen molar-refractivity contribution in [2.75, 3.05) is 26.3 Å². The summed E-state index contributed by atoms with van der Waals surface area (Å²) in [5.41, 5.74) is 16.9. The molecule has 1 fully saturated rings. The number of benzene rings is 2. The van der Waals surface area contributed by atoms with Crippen LogP contribution in [0.25, 0.3) is 0 Å². The predicted molar refractivity (Wildman–Crippen MR) is 303 cm³/mol. The first-order chi connectivity index (χ1) is 39.2. The summed E-state index contributed by atoms with van der Waals surface area (Å²) in [6, 6.07) is -0.704. The molecule has 0 bridgehead atoms. The van der Waals surface area contributed by atoms with E-state index < -0.39 is 163 Å². The quantitative estimate of drug-likeness (QED) is 0.0379. The van der Waals surface area contributed by atoms with Crippen molar-refractivity contribution < 1.29 is 77.9 Å². The molecule has 0 spiro atoms. The fourth-order valence-corrected chi connectivity index (χ4v) is 8.24. The van der Waals surface area contributed by atoms with Crippen LogP contribution in [0.3, 0.4) is 0 Å². The van der Waals surface area contributed by atoms with Gasteiger partial charge in [0.1, 0.15) is 54.9 Å². The minimum atomic E-state index is -2.52. The number of hydrogen-bond donors (Lipinski definition) is 17. The topological polar surface area (TPSA) is 489 Å². The molecule has 1 unspecified atom stereocenters.